The fourth-order valence-electron chi connectivity index (χ4n) is 7.75. The molecular formula is C46H49N9O9. The Morgan fingerprint density at radius 1 is 0.578 bits per heavy atom. The number of nitrogens with zero attached hydrogens (tertiary/aromatic N) is 6. The second-order valence-corrected chi connectivity index (χ2v) is 18.0. The number of ether oxygens (including phenoxy) is 3. The molecule has 0 aromatic carbocycles. The summed E-state index contributed by atoms with van der Waals surface area (Å²) in [4.78, 5) is 84.0. The molecule has 0 radical (unpaired) electrons. The molecule has 332 valence electrons. The molecule has 3 amide bonds. The minimum atomic E-state index is -1.23. The van der Waals surface area contributed by atoms with E-state index in [1.807, 2.05) is 53.7 Å². The van der Waals surface area contributed by atoms with Gasteiger partial charge in [0.15, 0.2) is 5.70 Å². The summed E-state index contributed by atoms with van der Waals surface area (Å²) in [5.74, 6) is -6.22. The zero-order valence-electron chi connectivity index (χ0n) is 37.3. The van der Waals surface area contributed by atoms with Crippen molar-refractivity contribution in [2.24, 2.45) is 22.2 Å². The van der Waals surface area contributed by atoms with Crippen LogP contribution in [0, 0.1) is 80.6 Å². The predicted molar refractivity (Wildman–Crippen MR) is 225 cm³/mol. The fourth-order valence-corrected chi connectivity index (χ4v) is 7.75. The third-order valence-corrected chi connectivity index (χ3v) is 10.2. The van der Waals surface area contributed by atoms with Gasteiger partial charge in [-0.15, -0.1) is 0 Å². The SMILES string of the molecule is [C-]#[N+]C1=C(NC(C)=O)CC(C)(C)C/C1=C(/[N+]#[C-])C(=O)OCC(COC(=O)/C(C#N)=C1\CC(C)(C)CC(NC(C)=O)=C1C#N)COC(=O)/C(C#N)=C1\CC(C)(C)CC(NC(C)=O)=C1C#N. The van der Waals surface area contributed by atoms with E-state index < -0.39 is 94.5 Å². The molecule has 3 rings (SSSR count). The maximum atomic E-state index is 13.7. The first kappa shape index (κ1) is 50.6. The van der Waals surface area contributed by atoms with Crippen LogP contribution in [0.15, 0.2) is 67.5 Å². The largest absolute Gasteiger partial charge is 0.470 e. The highest BCUT2D eigenvalue weighted by Gasteiger charge is 2.38. The van der Waals surface area contributed by atoms with Gasteiger partial charge in [-0.3, -0.25) is 19.2 Å². The lowest BCUT2D eigenvalue weighted by molar-refractivity contribution is -0.148. The Hall–Kier alpha value is -7.80. The Bertz CT molecular complexity index is 2250. The fraction of sp³-hybridized carbons (Fsp3) is 0.478. The van der Waals surface area contributed by atoms with Crippen LogP contribution in [0.25, 0.3) is 9.69 Å². The van der Waals surface area contributed by atoms with Gasteiger partial charge in [0.2, 0.25) is 17.7 Å². The molecule has 0 unspecified atom stereocenters. The Morgan fingerprint density at radius 3 is 1.25 bits per heavy atom. The molecule has 3 aliphatic carbocycles. The predicted octanol–water partition coefficient (Wildman–Crippen LogP) is 5.60. The minimum Gasteiger partial charge on any atom is -0.470 e. The van der Waals surface area contributed by atoms with E-state index in [1.54, 1.807) is 12.1 Å². The lowest BCUT2D eigenvalue weighted by Crippen LogP contribution is -2.32. The van der Waals surface area contributed by atoms with E-state index in [4.69, 9.17) is 27.4 Å². The highest BCUT2D eigenvalue weighted by atomic mass is 16.6. The van der Waals surface area contributed by atoms with Gasteiger partial charge < -0.3 is 30.2 Å². The molecule has 18 heteroatoms. The number of esters is 3. The van der Waals surface area contributed by atoms with Crippen molar-refractivity contribution in [3.8, 4) is 24.3 Å². The van der Waals surface area contributed by atoms with Crippen molar-refractivity contribution < 1.29 is 43.0 Å². The molecule has 0 aliphatic heterocycles. The van der Waals surface area contributed by atoms with Gasteiger partial charge in [0.1, 0.15) is 48.6 Å². The van der Waals surface area contributed by atoms with Crippen LogP contribution in [0.3, 0.4) is 0 Å². The van der Waals surface area contributed by atoms with Crippen molar-refractivity contribution in [1.82, 2.24) is 16.0 Å². The van der Waals surface area contributed by atoms with Crippen LogP contribution < -0.4 is 16.0 Å². The van der Waals surface area contributed by atoms with Crippen molar-refractivity contribution in [1.29, 1.82) is 21.0 Å². The van der Waals surface area contributed by atoms with Crippen molar-refractivity contribution in [2.75, 3.05) is 19.8 Å². The standard InChI is InChI=1S/C46H49N9O9/c1-25(56)53-36-15-44(4,5)12-29(32(36)18-47)34(20-49)41(59)62-22-28(23-63-42(60)35(21-50)30-13-45(6,7)16-37(33(30)19-48)54-26(2)57)24-64-43(61)40(52-11)31-14-46(8,9)17-38(39(31)51-10)55-27(3)58/h28H,12-17,22-24H2,1-9H3,(H,53,56)(H,54,57)(H,55,58)/b34-29+,35-30+,40-31-. The van der Waals surface area contributed by atoms with Crippen LogP contribution >= 0.6 is 0 Å². The molecule has 0 heterocycles. The van der Waals surface area contributed by atoms with E-state index >= 15 is 0 Å². The first-order valence-electron chi connectivity index (χ1n) is 20.0. The van der Waals surface area contributed by atoms with Crippen molar-refractivity contribution >= 4 is 35.6 Å². The zero-order valence-corrected chi connectivity index (χ0v) is 37.3. The molecule has 64 heavy (non-hydrogen) atoms. The smallest absolute Gasteiger partial charge is 0.349 e. The van der Waals surface area contributed by atoms with E-state index in [0.29, 0.717) is 0 Å². The lowest BCUT2D eigenvalue weighted by atomic mass is 9.73. The topological polar surface area (TPSA) is 270 Å². The molecule has 0 aromatic rings. The minimum absolute atomic E-state index is 0.0242. The summed E-state index contributed by atoms with van der Waals surface area (Å²) < 4.78 is 16.6. The first-order valence-corrected chi connectivity index (χ1v) is 20.0. The second kappa shape index (κ2) is 20.8. The monoisotopic (exact) mass is 871 g/mol. The van der Waals surface area contributed by atoms with Crippen LogP contribution in [-0.2, 0) is 43.0 Å². The molecule has 0 atom stereocenters. The Balaban J connectivity index is 2.09. The van der Waals surface area contributed by atoms with E-state index in [-0.39, 0.29) is 89.2 Å². The molecule has 3 aliphatic rings. The van der Waals surface area contributed by atoms with E-state index in [0.717, 1.165) is 0 Å². The normalized spacial score (nSPS) is 19.7. The van der Waals surface area contributed by atoms with Crippen LogP contribution in [0.2, 0.25) is 0 Å². The first-order chi connectivity index (χ1) is 29.9. The number of rotatable bonds is 12. The van der Waals surface area contributed by atoms with Crippen LogP contribution in [0.5, 0.6) is 0 Å². The summed E-state index contributed by atoms with van der Waals surface area (Å²) in [6.45, 7) is 28.3. The number of carbonyl (C=O) groups is 6. The van der Waals surface area contributed by atoms with E-state index in [9.17, 15) is 49.8 Å². The number of nitriles is 4. The Kier molecular flexibility index (Phi) is 16.5. The van der Waals surface area contributed by atoms with Crippen LogP contribution in [0.4, 0.5) is 0 Å². The summed E-state index contributed by atoms with van der Waals surface area (Å²) in [5.41, 5.74) is -3.00. The van der Waals surface area contributed by atoms with Gasteiger partial charge in [-0.25, -0.2) is 19.3 Å². The summed E-state index contributed by atoms with van der Waals surface area (Å²) in [6.07, 6.45) is 1.03. The third-order valence-electron chi connectivity index (χ3n) is 10.2. The summed E-state index contributed by atoms with van der Waals surface area (Å²) >= 11 is 0. The number of carbonyl (C=O) groups excluding carboxylic acids is 6. The molecule has 0 aromatic heterocycles. The van der Waals surface area contributed by atoms with Crippen LogP contribution in [-0.4, -0.2) is 55.5 Å². The number of hydrogen-bond donors (Lipinski definition) is 3. The maximum Gasteiger partial charge on any atom is 0.349 e. The average molecular weight is 872 g/mol. The summed E-state index contributed by atoms with van der Waals surface area (Å²) in [6, 6.07) is 7.53. The molecule has 0 spiro atoms. The number of hydrogen-bond acceptors (Lipinski definition) is 13. The number of allylic oxidation sites excluding steroid dienone is 8. The van der Waals surface area contributed by atoms with Gasteiger partial charge in [-0.2, -0.15) is 21.0 Å². The van der Waals surface area contributed by atoms with Crippen LogP contribution in [0.1, 0.15) is 101 Å². The number of amides is 3. The Labute approximate surface area is 372 Å². The highest BCUT2D eigenvalue weighted by Crippen LogP contribution is 2.45. The van der Waals surface area contributed by atoms with Gasteiger partial charge in [0.25, 0.3) is 5.70 Å². The van der Waals surface area contributed by atoms with Gasteiger partial charge in [0, 0.05) is 37.9 Å². The van der Waals surface area contributed by atoms with Gasteiger partial charge in [0.05, 0.1) is 36.8 Å². The average Bonchev–Trinajstić information content (AvgIpc) is 3.16. The van der Waals surface area contributed by atoms with Gasteiger partial charge >= 0.3 is 17.9 Å². The molecule has 3 N–H and O–H groups in total. The quantitative estimate of drug-likeness (QED) is 0.0709. The molecule has 0 fully saturated rings. The number of nitrogens with one attached hydrogen (secondary N) is 3. The van der Waals surface area contributed by atoms with Crippen molar-refractivity contribution in [2.45, 2.75) is 101 Å². The molecule has 0 bridgehead atoms. The summed E-state index contributed by atoms with van der Waals surface area (Å²) in [7, 11) is 0. The Morgan fingerprint density at radius 2 is 0.922 bits per heavy atom. The zero-order chi connectivity index (χ0) is 48.3. The molecule has 0 saturated carbocycles. The second-order valence-electron chi connectivity index (χ2n) is 18.0. The third kappa shape index (κ3) is 12.9. The summed E-state index contributed by atoms with van der Waals surface area (Å²) in [5, 5.41) is 48.4. The molecule has 0 saturated heterocycles. The van der Waals surface area contributed by atoms with E-state index in [2.05, 4.69) is 25.6 Å². The lowest BCUT2D eigenvalue weighted by Gasteiger charge is -2.33. The molecular weight excluding hydrogens is 823 g/mol. The maximum absolute atomic E-state index is 13.7. The van der Waals surface area contributed by atoms with Gasteiger partial charge in [-0.05, 0) is 71.5 Å². The van der Waals surface area contributed by atoms with Crippen molar-refractivity contribution in [3.63, 3.8) is 0 Å². The molecule has 18 nitrogen and oxygen atoms in total. The van der Waals surface area contributed by atoms with Gasteiger partial charge in [-0.1, -0.05) is 41.5 Å². The van der Waals surface area contributed by atoms with Crippen molar-refractivity contribution in [3.05, 3.63) is 90.3 Å². The highest BCUT2D eigenvalue weighted by molar-refractivity contribution is 5.96. The van der Waals surface area contributed by atoms with E-state index in [1.165, 1.54) is 20.8 Å².